The maximum Gasteiger partial charge on any atom is 0.326 e. The molecule has 5 nitrogen and oxygen atoms in total. The molecule has 1 aromatic rings. The molecular formula is C8H10N2O3. The number of aromatic nitrogens is 1. The van der Waals surface area contributed by atoms with Crippen molar-refractivity contribution in [2.24, 2.45) is 5.73 Å². The lowest BCUT2D eigenvalue weighted by Crippen LogP contribution is -2.22. The number of carboxylic acid groups (broad SMARTS) is 1. The largest absolute Gasteiger partial charge is 0.480 e. The average Bonchev–Trinajstić information content (AvgIpc) is 2.16. The zero-order chi connectivity index (χ0) is 9.84. The summed E-state index contributed by atoms with van der Waals surface area (Å²) in [5, 5.41) is 17.3. The van der Waals surface area contributed by atoms with Gasteiger partial charge in [-0.25, -0.2) is 0 Å². The Kier molecular flexibility index (Phi) is 2.94. The zero-order valence-electron chi connectivity index (χ0n) is 6.84. The van der Waals surface area contributed by atoms with Crippen LogP contribution in [0.4, 0.5) is 0 Å². The molecule has 0 unspecified atom stereocenters. The van der Waals surface area contributed by atoms with Gasteiger partial charge in [0.15, 0.2) is 0 Å². The quantitative estimate of drug-likeness (QED) is 0.594. The molecule has 0 aliphatic rings. The molecule has 1 aromatic heterocycles. The van der Waals surface area contributed by atoms with Crippen molar-refractivity contribution < 1.29 is 15.0 Å². The molecule has 13 heavy (non-hydrogen) atoms. The number of rotatable bonds is 3. The van der Waals surface area contributed by atoms with E-state index < -0.39 is 12.0 Å². The summed E-state index contributed by atoms with van der Waals surface area (Å²) < 4.78 is 0. The van der Waals surface area contributed by atoms with Crippen molar-refractivity contribution in [1.82, 2.24) is 4.98 Å². The Balaban J connectivity index is 2.94. The molecule has 0 radical (unpaired) electrons. The fourth-order valence-corrected chi connectivity index (χ4v) is 0.886. The van der Waals surface area contributed by atoms with E-state index in [1.165, 1.54) is 6.07 Å². The third-order valence-corrected chi connectivity index (χ3v) is 1.57. The van der Waals surface area contributed by atoms with Gasteiger partial charge < -0.3 is 15.9 Å². The third-order valence-electron chi connectivity index (χ3n) is 1.57. The third kappa shape index (κ3) is 2.24. The number of carbonyl (C=O) groups is 1. The highest BCUT2D eigenvalue weighted by molar-refractivity contribution is 5.74. The maximum absolute atomic E-state index is 10.5. The lowest BCUT2D eigenvalue weighted by atomic mass is 10.2. The van der Waals surface area contributed by atoms with Crippen LogP contribution >= 0.6 is 0 Å². The van der Waals surface area contributed by atoms with Crippen LogP contribution in [0.1, 0.15) is 17.4 Å². The summed E-state index contributed by atoms with van der Waals surface area (Å²) in [7, 11) is 0. The molecule has 0 bridgehead atoms. The van der Waals surface area contributed by atoms with Crippen LogP contribution in [-0.2, 0) is 11.4 Å². The number of hydrogen-bond acceptors (Lipinski definition) is 4. The van der Waals surface area contributed by atoms with Crippen molar-refractivity contribution in [3.8, 4) is 0 Å². The molecule has 5 heteroatoms. The van der Waals surface area contributed by atoms with Crippen LogP contribution in [0, 0.1) is 0 Å². The van der Waals surface area contributed by atoms with Gasteiger partial charge in [0.2, 0.25) is 0 Å². The predicted molar refractivity (Wildman–Crippen MR) is 44.7 cm³/mol. The first kappa shape index (κ1) is 9.63. The number of hydrogen-bond donors (Lipinski definition) is 3. The minimum Gasteiger partial charge on any atom is -0.480 e. The summed E-state index contributed by atoms with van der Waals surface area (Å²) in [5.41, 5.74) is 5.98. The Morgan fingerprint density at radius 3 is 2.85 bits per heavy atom. The lowest BCUT2D eigenvalue weighted by molar-refractivity contribution is -0.138. The van der Waals surface area contributed by atoms with Gasteiger partial charge in [0.05, 0.1) is 18.0 Å². The predicted octanol–water partition coefficient (Wildman–Crippen LogP) is -0.342. The van der Waals surface area contributed by atoms with Crippen LogP contribution in [0.2, 0.25) is 0 Å². The van der Waals surface area contributed by atoms with Gasteiger partial charge in [-0.15, -0.1) is 0 Å². The van der Waals surface area contributed by atoms with Crippen LogP contribution in [-0.4, -0.2) is 21.2 Å². The molecule has 1 rings (SSSR count). The van der Waals surface area contributed by atoms with Crippen LogP contribution in [0.15, 0.2) is 18.2 Å². The van der Waals surface area contributed by atoms with Gasteiger partial charge in [0.1, 0.15) is 6.04 Å². The van der Waals surface area contributed by atoms with E-state index in [0.29, 0.717) is 5.69 Å². The van der Waals surface area contributed by atoms with Crippen molar-refractivity contribution in [2.75, 3.05) is 0 Å². The highest BCUT2D eigenvalue weighted by Crippen LogP contribution is 2.07. The van der Waals surface area contributed by atoms with Crippen molar-refractivity contribution in [1.29, 1.82) is 0 Å². The second-order valence-electron chi connectivity index (χ2n) is 2.53. The minimum atomic E-state index is -1.14. The van der Waals surface area contributed by atoms with E-state index in [9.17, 15) is 4.79 Å². The van der Waals surface area contributed by atoms with Crippen LogP contribution in [0.25, 0.3) is 0 Å². The van der Waals surface area contributed by atoms with E-state index >= 15 is 0 Å². The van der Waals surface area contributed by atoms with Gasteiger partial charge in [-0.05, 0) is 12.1 Å². The Morgan fingerprint density at radius 2 is 2.31 bits per heavy atom. The van der Waals surface area contributed by atoms with Crippen molar-refractivity contribution >= 4 is 5.97 Å². The normalized spacial score (nSPS) is 12.5. The van der Waals surface area contributed by atoms with E-state index in [-0.39, 0.29) is 12.3 Å². The molecule has 0 aliphatic heterocycles. The molecule has 0 aromatic carbocycles. The second-order valence-corrected chi connectivity index (χ2v) is 2.53. The summed E-state index contributed by atoms with van der Waals surface area (Å²) in [4.78, 5) is 14.3. The first-order chi connectivity index (χ1) is 6.15. The minimum absolute atomic E-state index is 0.222. The summed E-state index contributed by atoms with van der Waals surface area (Å²) >= 11 is 0. The standard InChI is InChI=1S/C8H10N2O3/c9-7(8(12)13)6-3-1-2-5(4-11)10-6/h1-3,7,11H,4,9H2,(H,12,13)/t7-/m1/s1. The number of aliphatic hydroxyl groups excluding tert-OH is 1. The molecule has 0 saturated heterocycles. The molecule has 0 aliphatic carbocycles. The molecule has 0 saturated carbocycles. The maximum atomic E-state index is 10.5. The molecular weight excluding hydrogens is 172 g/mol. The Labute approximate surface area is 74.8 Å². The van der Waals surface area contributed by atoms with Crippen LogP contribution < -0.4 is 5.73 Å². The van der Waals surface area contributed by atoms with Crippen molar-refractivity contribution in [3.05, 3.63) is 29.6 Å². The van der Waals surface area contributed by atoms with Gasteiger partial charge in [-0.2, -0.15) is 0 Å². The molecule has 1 heterocycles. The van der Waals surface area contributed by atoms with Crippen LogP contribution in [0.3, 0.4) is 0 Å². The Bertz CT molecular complexity index is 314. The number of aliphatic hydroxyl groups is 1. The summed E-state index contributed by atoms with van der Waals surface area (Å²) in [6, 6.07) is 3.58. The number of pyridine rings is 1. The number of aliphatic carboxylic acids is 1. The highest BCUT2D eigenvalue weighted by Gasteiger charge is 2.15. The smallest absolute Gasteiger partial charge is 0.326 e. The summed E-state index contributed by atoms with van der Waals surface area (Å²) in [5.74, 6) is -1.14. The first-order valence-corrected chi connectivity index (χ1v) is 3.70. The lowest BCUT2D eigenvalue weighted by Gasteiger charge is -2.06. The van der Waals surface area contributed by atoms with E-state index in [1.807, 2.05) is 0 Å². The van der Waals surface area contributed by atoms with Gasteiger partial charge >= 0.3 is 5.97 Å². The Hall–Kier alpha value is -1.46. The molecule has 70 valence electrons. The monoisotopic (exact) mass is 182 g/mol. The number of nitrogens with two attached hydrogens (primary N) is 1. The van der Waals surface area contributed by atoms with Gasteiger partial charge in [0, 0.05) is 0 Å². The van der Waals surface area contributed by atoms with Gasteiger partial charge in [-0.1, -0.05) is 6.07 Å². The number of carboxylic acids is 1. The molecule has 4 N–H and O–H groups in total. The Morgan fingerprint density at radius 1 is 1.62 bits per heavy atom. The fourth-order valence-electron chi connectivity index (χ4n) is 0.886. The van der Waals surface area contributed by atoms with Gasteiger partial charge in [-0.3, -0.25) is 9.78 Å². The molecule has 0 spiro atoms. The zero-order valence-corrected chi connectivity index (χ0v) is 6.84. The van der Waals surface area contributed by atoms with E-state index in [0.717, 1.165) is 0 Å². The van der Waals surface area contributed by atoms with E-state index in [1.54, 1.807) is 12.1 Å². The SMILES string of the molecule is N[C@@H](C(=O)O)c1cccc(CO)n1. The van der Waals surface area contributed by atoms with E-state index in [4.69, 9.17) is 15.9 Å². The molecule has 1 atom stereocenters. The summed E-state index contributed by atoms with van der Waals surface area (Å²) in [6.07, 6.45) is 0. The second kappa shape index (κ2) is 3.97. The topological polar surface area (TPSA) is 96.4 Å². The van der Waals surface area contributed by atoms with Crippen molar-refractivity contribution in [3.63, 3.8) is 0 Å². The highest BCUT2D eigenvalue weighted by atomic mass is 16.4. The summed E-state index contributed by atoms with van der Waals surface area (Å²) in [6.45, 7) is -0.222. The van der Waals surface area contributed by atoms with Crippen molar-refractivity contribution in [2.45, 2.75) is 12.6 Å². The molecule has 0 amide bonds. The first-order valence-electron chi connectivity index (χ1n) is 3.70. The van der Waals surface area contributed by atoms with Gasteiger partial charge in [0.25, 0.3) is 0 Å². The van der Waals surface area contributed by atoms with Crippen LogP contribution in [0.5, 0.6) is 0 Å². The fraction of sp³-hybridized carbons (Fsp3) is 0.250. The molecule has 0 fully saturated rings. The number of nitrogens with zero attached hydrogens (tertiary/aromatic N) is 1. The average molecular weight is 182 g/mol. The van der Waals surface area contributed by atoms with E-state index in [2.05, 4.69) is 4.98 Å².